The minimum absolute atomic E-state index is 0.0455. The van der Waals surface area contributed by atoms with Crippen molar-refractivity contribution in [2.45, 2.75) is 0 Å². The zero-order valence-corrected chi connectivity index (χ0v) is 15.7. The molecule has 0 atom stereocenters. The molecule has 0 saturated carbocycles. The number of halogens is 1. The Hall–Kier alpha value is -1.96. The zero-order valence-electron chi connectivity index (χ0n) is 13.5. The molecule has 0 aliphatic carbocycles. The average molecular weight is 437 g/mol. The predicted octanol–water partition coefficient (Wildman–Crippen LogP) is 3.65. The van der Waals surface area contributed by atoms with Crippen molar-refractivity contribution in [2.24, 2.45) is 0 Å². The predicted molar refractivity (Wildman–Crippen MR) is 105 cm³/mol. The normalized spacial score (nSPS) is 14.4. The van der Waals surface area contributed by atoms with Crippen molar-refractivity contribution in [1.82, 2.24) is 4.90 Å². The lowest BCUT2D eigenvalue weighted by Gasteiger charge is -2.36. The van der Waals surface area contributed by atoms with Gasteiger partial charge in [-0.1, -0.05) is 12.1 Å². The Balaban J connectivity index is 1.58. The van der Waals surface area contributed by atoms with Crippen LogP contribution in [0.15, 0.2) is 48.5 Å². The number of nitrogens with zero attached hydrogens (tertiary/aromatic N) is 2. The van der Waals surface area contributed by atoms with Crippen molar-refractivity contribution in [2.75, 3.05) is 43.5 Å². The topological polar surface area (TPSA) is 44.8 Å². The molecule has 1 fully saturated rings. The number of carbonyl (C=O) groups excluding carboxylic acids is 1. The van der Waals surface area contributed by atoms with Gasteiger partial charge in [-0.15, -0.1) is 0 Å². The summed E-state index contributed by atoms with van der Waals surface area (Å²) in [7, 11) is 1.68. The smallest absolute Gasteiger partial charge is 0.321 e. The molecule has 0 radical (unpaired) electrons. The van der Waals surface area contributed by atoms with Crippen molar-refractivity contribution < 1.29 is 9.53 Å². The molecular weight excluding hydrogens is 417 g/mol. The van der Waals surface area contributed by atoms with E-state index in [1.54, 1.807) is 7.11 Å². The van der Waals surface area contributed by atoms with Gasteiger partial charge in [0.1, 0.15) is 5.75 Å². The van der Waals surface area contributed by atoms with Gasteiger partial charge in [-0.2, -0.15) is 0 Å². The Kier molecular flexibility index (Phi) is 5.44. The lowest BCUT2D eigenvalue weighted by atomic mass is 10.2. The van der Waals surface area contributed by atoms with Crippen LogP contribution >= 0.6 is 22.6 Å². The highest BCUT2D eigenvalue weighted by Crippen LogP contribution is 2.28. The number of rotatable bonds is 3. The quantitative estimate of drug-likeness (QED) is 0.746. The molecule has 126 valence electrons. The third kappa shape index (κ3) is 3.92. The SMILES string of the molecule is COc1ccccc1N1CCN(C(=O)Nc2ccc(I)cc2)CC1. The van der Waals surface area contributed by atoms with Gasteiger partial charge >= 0.3 is 6.03 Å². The molecule has 0 aromatic heterocycles. The van der Waals surface area contributed by atoms with Crippen LogP contribution in [0.5, 0.6) is 5.75 Å². The van der Waals surface area contributed by atoms with Gasteiger partial charge in [0.05, 0.1) is 12.8 Å². The Bertz CT molecular complexity index is 698. The van der Waals surface area contributed by atoms with Gasteiger partial charge in [0.25, 0.3) is 0 Å². The second-order valence-corrected chi connectivity index (χ2v) is 6.83. The molecule has 2 aromatic rings. The highest BCUT2D eigenvalue weighted by Gasteiger charge is 2.22. The summed E-state index contributed by atoms with van der Waals surface area (Å²) in [6, 6.07) is 15.8. The molecule has 0 spiro atoms. The van der Waals surface area contributed by atoms with E-state index < -0.39 is 0 Å². The number of piperazine rings is 1. The van der Waals surface area contributed by atoms with Crippen LogP contribution in [0.4, 0.5) is 16.2 Å². The third-order valence-electron chi connectivity index (χ3n) is 4.09. The molecular formula is C18H20IN3O2. The Morgan fingerprint density at radius 3 is 2.38 bits per heavy atom. The van der Waals surface area contributed by atoms with Gasteiger partial charge in [0.2, 0.25) is 0 Å². The van der Waals surface area contributed by atoms with Crippen LogP contribution < -0.4 is 15.0 Å². The van der Waals surface area contributed by atoms with Gasteiger partial charge in [0.15, 0.2) is 0 Å². The second kappa shape index (κ2) is 7.74. The maximum atomic E-state index is 12.4. The lowest BCUT2D eigenvalue weighted by molar-refractivity contribution is 0.208. The highest BCUT2D eigenvalue weighted by atomic mass is 127. The summed E-state index contributed by atoms with van der Waals surface area (Å²) >= 11 is 2.25. The summed E-state index contributed by atoms with van der Waals surface area (Å²) < 4.78 is 6.58. The van der Waals surface area contributed by atoms with E-state index in [-0.39, 0.29) is 6.03 Å². The Labute approximate surface area is 155 Å². The molecule has 1 N–H and O–H groups in total. The van der Waals surface area contributed by atoms with Crippen LogP contribution in [0.25, 0.3) is 0 Å². The van der Waals surface area contributed by atoms with Crippen LogP contribution in [0.1, 0.15) is 0 Å². The van der Waals surface area contributed by atoms with Gasteiger partial charge < -0.3 is 19.9 Å². The van der Waals surface area contributed by atoms with Crippen molar-refractivity contribution in [3.8, 4) is 5.75 Å². The standard InChI is InChI=1S/C18H20IN3O2/c1-24-17-5-3-2-4-16(17)21-10-12-22(13-11-21)18(23)20-15-8-6-14(19)7-9-15/h2-9H,10-13H2,1H3,(H,20,23). The number of amides is 2. The fraction of sp³-hybridized carbons (Fsp3) is 0.278. The molecule has 6 heteroatoms. The first-order valence-electron chi connectivity index (χ1n) is 7.87. The summed E-state index contributed by atoms with van der Waals surface area (Å²) in [6.45, 7) is 2.96. The molecule has 2 aromatic carbocycles. The number of anilines is 2. The van der Waals surface area contributed by atoms with E-state index >= 15 is 0 Å². The van der Waals surface area contributed by atoms with E-state index in [1.165, 1.54) is 0 Å². The minimum Gasteiger partial charge on any atom is -0.495 e. The Morgan fingerprint density at radius 2 is 1.71 bits per heavy atom. The number of hydrogen-bond donors (Lipinski definition) is 1. The molecule has 2 amide bonds. The van der Waals surface area contributed by atoms with Gasteiger partial charge in [-0.25, -0.2) is 4.79 Å². The monoisotopic (exact) mass is 437 g/mol. The second-order valence-electron chi connectivity index (χ2n) is 5.58. The van der Waals surface area contributed by atoms with E-state index in [0.717, 1.165) is 33.8 Å². The number of carbonyl (C=O) groups is 1. The molecule has 1 aliphatic heterocycles. The molecule has 5 nitrogen and oxygen atoms in total. The van der Waals surface area contributed by atoms with Crippen molar-refractivity contribution >= 4 is 40.0 Å². The van der Waals surface area contributed by atoms with E-state index in [0.29, 0.717) is 13.1 Å². The number of para-hydroxylation sites is 2. The number of urea groups is 1. The van der Waals surface area contributed by atoms with E-state index in [2.05, 4.69) is 38.9 Å². The lowest BCUT2D eigenvalue weighted by Crippen LogP contribution is -2.50. The molecule has 1 aliphatic rings. The number of methoxy groups -OCH3 is 1. The van der Waals surface area contributed by atoms with E-state index in [4.69, 9.17) is 4.74 Å². The average Bonchev–Trinajstić information content (AvgIpc) is 2.63. The maximum Gasteiger partial charge on any atom is 0.321 e. The maximum absolute atomic E-state index is 12.4. The zero-order chi connectivity index (χ0) is 16.9. The summed E-state index contributed by atoms with van der Waals surface area (Å²) in [5.41, 5.74) is 1.91. The number of nitrogens with one attached hydrogen (secondary N) is 1. The van der Waals surface area contributed by atoms with Crippen molar-refractivity contribution in [3.63, 3.8) is 0 Å². The first-order valence-corrected chi connectivity index (χ1v) is 8.95. The summed E-state index contributed by atoms with van der Waals surface area (Å²) in [5, 5.41) is 2.96. The molecule has 0 unspecified atom stereocenters. The molecule has 24 heavy (non-hydrogen) atoms. The third-order valence-corrected chi connectivity index (χ3v) is 4.81. The molecule has 1 saturated heterocycles. The molecule has 3 rings (SSSR count). The van der Waals surface area contributed by atoms with Crippen LogP contribution in [-0.2, 0) is 0 Å². The molecule has 0 bridgehead atoms. The van der Waals surface area contributed by atoms with Crippen LogP contribution in [0, 0.1) is 3.57 Å². The first-order chi connectivity index (χ1) is 11.7. The highest BCUT2D eigenvalue weighted by molar-refractivity contribution is 14.1. The van der Waals surface area contributed by atoms with E-state index in [9.17, 15) is 4.79 Å². The summed E-state index contributed by atoms with van der Waals surface area (Å²) in [5.74, 6) is 0.870. The Morgan fingerprint density at radius 1 is 1.04 bits per heavy atom. The number of benzene rings is 2. The van der Waals surface area contributed by atoms with E-state index in [1.807, 2.05) is 47.4 Å². The largest absolute Gasteiger partial charge is 0.495 e. The van der Waals surface area contributed by atoms with Crippen molar-refractivity contribution in [3.05, 3.63) is 52.1 Å². The fourth-order valence-electron chi connectivity index (χ4n) is 2.78. The van der Waals surface area contributed by atoms with Crippen LogP contribution in [0.3, 0.4) is 0 Å². The summed E-state index contributed by atoms with van der Waals surface area (Å²) in [6.07, 6.45) is 0. The first kappa shape index (κ1) is 16.9. The van der Waals surface area contributed by atoms with Crippen molar-refractivity contribution in [1.29, 1.82) is 0 Å². The van der Waals surface area contributed by atoms with Gasteiger partial charge in [-0.05, 0) is 59.0 Å². The number of ether oxygens (including phenoxy) is 1. The number of hydrogen-bond acceptors (Lipinski definition) is 3. The van der Waals surface area contributed by atoms with Crippen LogP contribution in [0.2, 0.25) is 0 Å². The van der Waals surface area contributed by atoms with Gasteiger partial charge in [-0.3, -0.25) is 0 Å². The molecule has 1 heterocycles. The van der Waals surface area contributed by atoms with Crippen LogP contribution in [-0.4, -0.2) is 44.2 Å². The minimum atomic E-state index is -0.0455. The summed E-state index contributed by atoms with van der Waals surface area (Å²) in [4.78, 5) is 16.5. The fourth-order valence-corrected chi connectivity index (χ4v) is 3.14. The van der Waals surface area contributed by atoms with Gasteiger partial charge in [0, 0.05) is 35.4 Å².